The van der Waals surface area contributed by atoms with Crippen LogP contribution < -0.4 is 0 Å². The van der Waals surface area contributed by atoms with Crippen LogP contribution in [-0.4, -0.2) is 63.2 Å². The summed E-state index contributed by atoms with van der Waals surface area (Å²) < 4.78 is 26.2. The Morgan fingerprint density at radius 3 is 2.90 bits per heavy atom. The molecule has 1 amide bonds. The number of aliphatic hydroxyl groups is 1. The molecule has 21 heavy (non-hydrogen) atoms. The molecule has 0 radical (unpaired) electrons. The van der Waals surface area contributed by atoms with Gasteiger partial charge in [-0.05, 0) is 13.5 Å². The molecule has 0 aliphatic carbocycles. The SMILES string of the molecule is CN(Cc1nccn1C(F)F)CC(O)CN1CCCC1=O. The third-order valence-electron chi connectivity index (χ3n) is 3.50. The highest BCUT2D eigenvalue weighted by Crippen LogP contribution is 2.14. The number of hydrogen-bond acceptors (Lipinski definition) is 4. The third kappa shape index (κ3) is 4.21. The summed E-state index contributed by atoms with van der Waals surface area (Å²) in [4.78, 5) is 18.7. The van der Waals surface area contributed by atoms with E-state index in [2.05, 4.69) is 4.98 Å². The molecule has 1 aromatic rings. The van der Waals surface area contributed by atoms with Gasteiger partial charge in [0, 0.05) is 38.4 Å². The van der Waals surface area contributed by atoms with Crippen molar-refractivity contribution in [2.75, 3.05) is 26.7 Å². The minimum absolute atomic E-state index is 0.0601. The largest absolute Gasteiger partial charge is 0.390 e. The van der Waals surface area contributed by atoms with E-state index < -0.39 is 12.7 Å². The molecule has 1 aromatic heterocycles. The fraction of sp³-hybridized carbons (Fsp3) is 0.692. The van der Waals surface area contributed by atoms with Crippen molar-refractivity contribution in [2.45, 2.75) is 32.0 Å². The first-order chi connectivity index (χ1) is 9.97. The van der Waals surface area contributed by atoms with Gasteiger partial charge in [0.05, 0.1) is 12.6 Å². The summed E-state index contributed by atoms with van der Waals surface area (Å²) in [6.45, 7) is -1.16. The normalized spacial score (nSPS) is 17.2. The van der Waals surface area contributed by atoms with Gasteiger partial charge in [-0.15, -0.1) is 0 Å². The number of carbonyl (C=O) groups excluding carboxylic acids is 1. The van der Waals surface area contributed by atoms with Crippen LogP contribution in [0.3, 0.4) is 0 Å². The van der Waals surface area contributed by atoms with Crippen LogP contribution in [0.25, 0.3) is 0 Å². The molecule has 1 fully saturated rings. The van der Waals surface area contributed by atoms with Crippen LogP contribution in [0.15, 0.2) is 12.4 Å². The number of likely N-dealkylation sites (tertiary alicyclic amines) is 1. The second-order valence-electron chi connectivity index (χ2n) is 5.32. The summed E-state index contributed by atoms with van der Waals surface area (Å²) in [5.41, 5.74) is 0. The summed E-state index contributed by atoms with van der Waals surface area (Å²) in [7, 11) is 1.72. The quantitative estimate of drug-likeness (QED) is 0.805. The fourth-order valence-electron chi connectivity index (χ4n) is 2.52. The Bertz CT molecular complexity index is 480. The lowest BCUT2D eigenvalue weighted by Gasteiger charge is -2.24. The highest BCUT2D eigenvalue weighted by Gasteiger charge is 2.23. The first-order valence-electron chi connectivity index (χ1n) is 6.91. The number of amides is 1. The van der Waals surface area contributed by atoms with Gasteiger partial charge in [0.25, 0.3) is 0 Å². The lowest BCUT2D eigenvalue weighted by Crippen LogP contribution is -2.39. The minimum Gasteiger partial charge on any atom is -0.390 e. The number of halogens is 2. The van der Waals surface area contributed by atoms with Crippen LogP contribution in [0.2, 0.25) is 0 Å². The van der Waals surface area contributed by atoms with Crippen LogP contribution in [0, 0.1) is 0 Å². The van der Waals surface area contributed by atoms with Crippen molar-refractivity contribution in [2.24, 2.45) is 0 Å². The molecule has 0 aromatic carbocycles. The number of hydrogen-bond donors (Lipinski definition) is 1. The second kappa shape index (κ2) is 6.95. The maximum absolute atomic E-state index is 12.7. The highest BCUT2D eigenvalue weighted by atomic mass is 19.3. The zero-order chi connectivity index (χ0) is 15.4. The van der Waals surface area contributed by atoms with Gasteiger partial charge in [0.1, 0.15) is 5.82 Å². The molecule has 2 heterocycles. The first kappa shape index (κ1) is 15.8. The van der Waals surface area contributed by atoms with E-state index >= 15 is 0 Å². The lowest BCUT2D eigenvalue weighted by molar-refractivity contribution is -0.129. The number of β-amino-alcohol motifs (C(OH)–C–C–N with tert-alkyl or cyclic N) is 1. The maximum atomic E-state index is 12.7. The van der Waals surface area contributed by atoms with E-state index in [1.165, 1.54) is 12.4 Å². The Morgan fingerprint density at radius 1 is 1.52 bits per heavy atom. The summed E-state index contributed by atoms with van der Waals surface area (Å²) in [5, 5.41) is 9.99. The Kier molecular flexibility index (Phi) is 5.24. The minimum atomic E-state index is -2.62. The monoisotopic (exact) mass is 302 g/mol. The van der Waals surface area contributed by atoms with Crippen LogP contribution >= 0.6 is 0 Å². The molecule has 1 aliphatic heterocycles. The van der Waals surface area contributed by atoms with Gasteiger partial charge < -0.3 is 10.0 Å². The Balaban J connectivity index is 1.82. The number of likely N-dealkylation sites (N-methyl/N-ethyl adjacent to an activating group) is 1. The average molecular weight is 302 g/mol. The van der Waals surface area contributed by atoms with Gasteiger partial charge in [0.15, 0.2) is 0 Å². The Labute approximate surface area is 122 Å². The molecular formula is C13H20F2N4O2. The van der Waals surface area contributed by atoms with E-state index in [1.807, 2.05) is 0 Å². The van der Waals surface area contributed by atoms with Crippen molar-refractivity contribution in [3.05, 3.63) is 18.2 Å². The molecule has 118 valence electrons. The molecule has 0 saturated carbocycles. The van der Waals surface area contributed by atoms with E-state index in [9.17, 15) is 18.7 Å². The molecule has 1 atom stereocenters. The van der Waals surface area contributed by atoms with Gasteiger partial charge in [0.2, 0.25) is 5.91 Å². The van der Waals surface area contributed by atoms with Gasteiger partial charge >= 0.3 is 6.55 Å². The van der Waals surface area contributed by atoms with Crippen molar-refractivity contribution in [1.29, 1.82) is 0 Å². The molecule has 2 rings (SSSR count). The van der Waals surface area contributed by atoms with E-state index in [1.54, 1.807) is 16.8 Å². The number of aliphatic hydroxyl groups excluding tert-OH is 1. The Hall–Kier alpha value is -1.54. The summed E-state index contributed by atoms with van der Waals surface area (Å²) in [6.07, 6.45) is 3.22. The number of imidazole rings is 1. The van der Waals surface area contributed by atoms with Crippen LogP contribution in [0.5, 0.6) is 0 Å². The molecular weight excluding hydrogens is 282 g/mol. The van der Waals surface area contributed by atoms with Crippen molar-refractivity contribution < 1.29 is 18.7 Å². The zero-order valence-corrected chi connectivity index (χ0v) is 12.0. The lowest BCUT2D eigenvalue weighted by atomic mass is 10.3. The molecule has 0 bridgehead atoms. The number of nitrogens with zero attached hydrogens (tertiary/aromatic N) is 4. The van der Waals surface area contributed by atoms with Gasteiger partial charge in [-0.1, -0.05) is 0 Å². The first-order valence-corrected chi connectivity index (χ1v) is 6.91. The van der Waals surface area contributed by atoms with E-state index in [0.717, 1.165) is 11.0 Å². The smallest absolute Gasteiger partial charge is 0.319 e. The van der Waals surface area contributed by atoms with Crippen molar-refractivity contribution in [3.8, 4) is 0 Å². The molecule has 1 N–H and O–H groups in total. The van der Waals surface area contributed by atoms with Gasteiger partial charge in [-0.3, -0.25) is 14.3 Å². The van der Waals surface area contributed by atoms with E-state index in [0.29, 0.717) is 19.5 Å². The molecule has 1 unspecified atom stereocenters. The number of carbonyl (C=O) groups is 1. The standard InChI is InChI=1S/C13H20F2N4O2/c1-17(9-11-16-4-6-19(11)13(14)15)7-10(20)8-18-5-2-3-12(18)21/h4,6,10,13,20H,2-3,5,7-9H2,1H3. The number of rotatable bonds is 7. The third-order valence-corrected chi connectivity index (χ3v) is 3.50. The molecule has 1 aliphatic rings. The number of aromatic nitrogens is 2. The fourth-order valence-corrected chi connectivity index (χ4v) is 2.52. The predicted octanol–water partition coefficient (Wildman–Crippen LogP) is 0.693. The van der Waals surface area contributed by atoms with E-state index in [-0.39, 0.29) is 24.8 Å². The highest BCUT2D eigenvalue weighted by molar-refractivity contribution is 5.78. The average Bonchev–Trinajstić information content (AvgIpc) is 2.99. The van der Waals surface area contributed by atoms with Crippen LogP contribution in [0.1, 0.15) is 25.2 Å². The van der Waals surface area contributed by atoms with Crippen molar-refractivity contribution in [1.82, 2.24) is 19.4 Å². The summed E-state index contributed by atoms with van der Waals surface area (Å²) in [5.74, 6) is 0.307. The van der Waals surface area contributed by atoms with E-state index in [4.69, 9.17) is 0 Å². The molecule has 1 saturated heterocycles. The Morgan fingerprint density at radius 2 is 2.29 bits per heavy atom. The number of alkyl halides is 2. The maximum Gasteiger partial charge on any atom is 0.319 e. The van der Waals surface area contributed by atoms with Crippen LogP contribution in [-0.2, 0) is 11.3 Å². The summed E-state index contributed by atoms with van der Waals surface area (Å²) in [6, 6.07) is 0. The summed E-state index contributed by atoms with van der Waals surface area (Å²) >= 11 is 0. The molecule has 6 nitrogen and oxygen atoms in total. The van der Waals surface area contributed by atoms with Crippen LogP contribution in [0.4, 0.5) is 8.78 Å². The van der Waals surface area contributed by atoms with Gasteiger partial charge in [-0.25, -0.2) is 4.98 Å². The second-order valence-corrected chi connectivity index (χ2v) is 5.32. The molecule has 8 heteroatoms. The molecule has 0 spiro atoms. The zero-order valence-electron chi connectivity index (χ0n) is 12.0. The predicted molar refractivity (Wildman–Crippen MR) is 71.6 cm³/mol. The van der Waals surface area contributed by atoms with Crippen molar-refractivity contribution in [3.63, 3.8) is 0 Å². The van der Waals surface area contributed by atoms with Crippen molar-refractivity contribution >= 4 is 5.91 Å². The topological polar surface area (TPSA) is 61.6 Å². The van der Waals surface area contributed by atoms with Gasteiger partial charge in [-0.2, -0.15) is 8.78 Å².